The second-order valence-corrected chi connectivity index (χ2v) is 4.32. The molecule has 0 aliphatic rings. The number of carbonyl (C=O) groups excluding carboxylic acids is 1. The summed E-state index contributed by atoms with van der Waals surface area (Å²) in [5, 5.41) is 3.21. The molecule has 2 rings (SSSR count). The summed E-state index contributed by atoms with van der Waals surface area (Å²) in [6, 6.07) is 16.9. The number of anilines is 1. The molecule has 0 saturated carbocycles. The molecule has 1 unspecified atom stereocenters. The van der Waals surface area contributed by atoms with Crippen LogP contribution in [0.5, 0.6) is 0 Å². The summed E-state index contributed by atoms with van der Waals surface area (Å²) in [4.78, 5) is 12.0. The minimum absolute atomic E-state index is 0.293. The van der Waals surface area contributed by atoms with Gasteiger partial charge in [-0.2, -0.15) is 0 Å². The van der Waals surface area contributed by atoms with Gasteiger partial charge in [0.1, 0.15) is 0 Å². The van der Waals surface area contributed by atoms with E-state index in [9.17, 15) is 4.79 Å². The first kappa shape index (κ1) is 13.1. The van der Waals surface area contributed by atoms with Gasteiger partial charge in [0.2, 0.25) is 0 Å². The molecule has 0 spiro atoms. The third-order valence-electron chi connectivity index (χ3n) is 3.02. The van der Waals surface area contributed by atoms with E-state index in [0.29, 0.717) is 0 Å². The van der Waals surface area contributed by atoms with Crippen molar-refractivity contribution in [3.8, 4) is 0 Å². The normalized spacial score (nSPS) is 11.7. The lowest BCUT2D eigenvalue weighted by atomic mass is 10.0. The highest BCUT2D eigenvalue weighted by Crippen LogP contribution is 2.23. The molecule has 3 nitrogen and oxygen atoms in total. The van der Waals surface area contributed by atoms with E-state index in [1.807, 2.05) is 61.5 Å². The van der Waals surface area contributed by atoms with E-state index in [1.54, 1.807) is 0 Å². The van der Waals surface area contributed by atoms with Crippen LogP contribution in [-0.4, -0.2) is 13.1 Å². The van der Waals surface area contributed by atoms with Gasteiger partial charge in [0, 0.05) is 5.69 Å². The molecule has 1 atom stereocenters. The zero-order chi connectivity index (χ0) is 13.7. The quantitative estimate of drug-likeness (QED) is 0.852. The standard InChI is InChI=1S/C16H17NO2/c1-12-8-6-7-11-14(12)15(16(18)19-2)17-13-9-4-3-5-10-13/h3-11,15,17H,1-2H3. The van der Waals surface area contributed by atoms with E-state index in [0.717, 1.165) is 16.8 Å². The molecule has 0 radical (unpaired) electrons. The summed E-state index contributed by atoms with van der Waals surface area (Å²) in [7, 11) is 1.40. The van der Waals surface area contributed by atoms with Crippen LogP contribution in [0.15, 0.2) is 54.6 Å². The van der Waals surface area contributed by atoms with Gasteiger partial charge >= 0.3 is 5.97 Å². The molecule has 2 aromatic rings. The van der Waals surface area contributed by atoms with Gasteiger partial charge in [-0.15, -0.1) is 0 Å². The third kappa shape index (κ3) is 3.13. The number of hydrogen-bond donors (Lipinski definition) is 1. The molecular weight excluding hydrogens is 238 g/mol. The minimum atomic E-state index is -0.492. The van der Waals surface area contributed by atoms with E-state index in [1.165, 1.54) is 7.11 Å². The van der Waals surface area contributed by atoms with Crippen LogP contribution in [0.2, 0.25) is 0 Å². The van der Waals surface area contributed by atoms with Crippen molar-refractivity contribution in [2.45, 2.75) is 13.0 Å². The minimum Gasteiger partial charge on any atom is -0.467 e. The largest absolute Gasteiger partial charge is 0.467 e. The zero-order valence-electron chi connectivity index (χ0n) is 11.1. The number of nitrogens with one attached hydrogen (secondary N) is 1. The first-order valence-corrected chi connectivity index (χ1v) is 6.17. The van der Waals surface area contributed by atoms with E-state index in [-0.39, 0.29) is 5.97 Å². The molecule has 0 fully saturated rings. The molecule has 0 aliphatic carbocycles. The molecule has 3 heteroatoms. The fraction of sp³-hybridized carbons (Fsp3) is 0.188. The number of benzene rings is 2. The van der Waals surface area contributed by atoms with E-state index in [4.69, 9.17) is 4.74 Å². The van der Waals surface area contributed by atoms with Gasteiger partial charge in [-0.05, 0) is 30.2 Å². The molecule has 0 saturated heterocycles. The van der Waals surface area contributed by atoms with Crippen molar-refractivity contribution in [2.75, 3.05) is 12.4 Å². The number of aryl methyl sites for hydroxylation is 1. The number of methoxy groups -OCH3 is 1. The van der Waals surface area contributed by atoms with Gasteiger partial charge < -0.3 is 10.1 Å². The Bertz CT molecular complexity index is 552. The van der Waals surface area contributed by atoms with Crippen LogP contribution >= 0.6 is 0 Å². The summed E-state index contributed by atoms with van der Waals surface area (Å²) in [6.45, 7) is 1.98. The van der Waals surface area contributed by atoms with Crippen LogP contribution in [0.4, 0.5) is 5.69 Å². The first-order valence-electron chi connectivity index (χ1n) is 6.17. The van der Waals surface area contributed by atoms with Gasteiger partial charge in [0.15, 0.2) is 6.04 Å². The molecule has 0 bridgehead atoms. The lowest BCUT2D eigenvalue weighted by Crippen LogP contribution is -2.23. The number of carbonyl (C=O) groups is 1. The Hall–Kier alpha value is -2.29. The Balaban J connectivity index is 2.32. The highest BCUT2D eigenvalue weighted by atomic mass is 16.5. The highest BCUT2D eigenvalue weighted by Gasteiger charge is 2.22. The Morgan fingerprint density at radius 2 is 1.68 bits per heavy atom. The number of hydrogen-bond acceptors (Lipinski definition) is 3. The Morgan fingerprint density at radius 1 is 1.05 bits per heavy atom. The first-order chi connectivity index (χ1) is 9.22. The Kier molecular flexibility index (Phi) is 4.18. The molecule has 2 aromatic carbocycles. The Labute approximate surface area is 113 Å². The van der Waals surface area contributed by atoms with Crippen molar-refractivity contribution < 1.29 is 9.53 Å². The van der Waals surface area contributed by atoms with Gasteiger partial charge in [-0.25, -0.2) is 4.79 Å². The van der Waals surface area contributed by atoms with Crippen LogP contribution in [-0.2, 0) is 9.53 Å². The van der Waals surface area contributed by atoms with E-state index >= 15 is 0 Å². The zero-order valence-corrected chi connectivity index (χ0v) is 11.1. The van der Waals surface area contributed by atoms with Gasteiger partial charge in [0.25, 0.3) is 0 Å². The van der Waals surface area contributed by atoms with Crippen molar-refractivity contribution in [3.63, 3.8) is 0 Å². The summed E-state index contributed by atoms with van der Waals surface area (Å²) in [5.74, 6) is -0.293. The maximum absolute atomic E-state index is 12.0. The molecule has 0 aliphatic heterocycles. The summed E-state index contributed by atoms with van der Waals surface area (Å²) in [6.07, 6.45) is 0. The van der Waals surface area contributed by atoms with Gasteiger partial charge in [-0.3, -0.25) is 0 Å². The molecule has 0 aromatic heterocycles. The second kappa shape index (κ2) is 6.05. The molecule has 19 heavy (non-hydrogen) atoms. The second-order valence-electron chi connectivity index (χ2n) is 4.32. The maximum atomic E-state index is 12.0. The average molecular weight is 255 g/mol. The van der Waals surface area contributed by atoms with Crippen LogP contribution in [0, 0.1) is 6.92 Å². The number of esters is 1. The topological polar surface area (TPSA) is 38.3 Å². The van der Waals surface area contributed by atoms with Crippen molar-refractivity contribution in [1.82, 2.24) is 0 Å². The van der Waals surface area contributed by atoms with Gasteiger partial charge in [-0.1, -0.05) is 42.5 Å². The molecular formula is C16H17NO2. The lowest BCUT2D eigenvalue weighted by Gasteiger charge is -2.19. The number of rotatable bonds is 4. The maximum Gasteiger partial charge on any atom is 0.332 e. The fourth-order valence-corrected chi connectivity index (χ4v) is 1.99. The SMILES string of the molecule is COC(=O)C(Nc1ccccc1)c1ccccc1C. The molecule has 1 N–H and O–H groups in total. The third-order valence-corrected chi connectivity index (χ3v) is 3.02. The van der Waals surface area contributed by atoms with E-state index < -0.39 is 6.04 Å². The lowest BCUT2D eigenvalue weighted by molar-refractivity contribution is -0.141. The van der Waals surface area contributed by atoms with E-state index in [2.05, 4.69) is 5.32 Å². The van der Waals surface area contributed by atoms with Crippen molar-refractivity contribution >= 4 is 11.7 Å². The predicted octanol–water partition coefficient (Wildman–Crippen LogP) is 3.32. The monoisotopic (exact) mass is 255 g/mol. The molecule has 0 amide bonds. The summed E-state index contributed by atoms with van der Waals surface area (Å²) < 4.78 is 4.89. The fourth-order valence-electron chi connectivity index (χ4n) is 1.99. The summed E-state index contributed by atoms with van der Waals surface area (Å²) >= 11 is 0. The molecule has 98 valence electrons. The molecule has 0 heterocycles. The average Bonchev–Trinajstić information content (AvgIpc) is 2.46. The summed E-state index contributed by atoms with van der Waals surface area (Å²) in [5.41, 5.74) is 2.88. The van der Waals surface area contributed by atoms with Crippen LogP contribution in [0.3, 0.4) is 0 Å². The van der Waals surface area contributed by atoms with Crippen LogP contribution < -0.4 is 5.32 Å². The Morgan fingerprint density at radius 3 is 2.32 bits per heavy atom. The van der Waals surface area contributed by atoms with Crippen molar-refractivity contribution in [2.24, 2.45) is 0 Å². The smallest absolute Gasteiger partial charge is 0.332 e. The number of ether oxygens (including phenoxy) is 1. The van der Waals surface area contributed by atoms with Crippen molar-refractivity contribution in [3.05, 3.63) is 65.7 Å². The van der Waals surface area contributed by atoms with Crippen LogP contribution in [0.25, 0.3) is 0 Å². The van der Waals surface area contributed by atoms with Gasteiger partial charge in [0.05, 0.1) is 7.11 Å². The van der Waals surface area contributed by atoms with Crippen molar-refractivity contribution in [1.29, 1.82) is 0 Å². The predicted molar refractivity (Wildman–Crippen MR) is 76.0 cm³/mol. The van der Waals surface area contributed by atoms with Crippen LogP contribution in [0.1, 0.15) is 17.2 Å². The number of para-hydroxylation sites is 1. The highest BCUT2D eigenvalue weighted by molar-refractivity contribution is 5.81.